The molecule has 3 heterocycles. The first-order valence-electron chi connectivity index (χ1n) is 8.48. The van der Waals surface area contributed by atoms with Gasteiger partial charge in [0.1, 0.15) is 11.3 Å². The van der Waals surface area contributed by atoms with Crippen molar-refractivity contribution in [3.63, 3.8) is 0 Å². The highest BCUT2D eigenvalue weighted by Crippen LogP contribution is 2.31. The van der Waals surface area contributed by atoms with Crippen molar-refractivity contribution in [1.82, 2.24) is 29.5 Å². The molecular weight excluding hydrogens is 371 g/mol. The Morgan fingerprint density at radius 2 is 1.93 bits per heavy atom. The topological polar surface area (TPSA) is 84.3 Å². The quantitative estimate of drug-likeness (QED) is 0.548. The van der Waals surface area contributed by atoms with Gasteiger partial charge in [0.25, 0.3) is 0 Å². The van der Waals surface area contributed by atoms with Gasteiger partial charge >= 0.3 is 6.18 Å². The zero-order valence-corrected chi connectivity index (χ0v) is 14.8. The molecule has 0 spiro atoms. The van der Waals surface area contributed by atoms with Crippen LogP contribution in [0.3, 0.4) is 0 Å². The van der Waals surface area contributed by atoms with Crippen LogP contribution in [0.25, 0.3) is 11.2 Å². The van der Waals surface area contributed by atoms with E-state index in [2.05, 4.69) is 30.2 Å². The smallest absolute Gasteiger partial charge is 0.361 e. The average Bonchev–Trinajstić information content (AvgIpc) is 3.30. The Labute approximate surface area is 157 Å². The highest BCUT2D eigenvalue weighted by atomic mass is 19.4. The van der Waals surface area contributed by atoms with Gasteiger partial charge in [0, 0.05) is 25.9 Å². The number of aromatic nitrogens is 6. The SMILES string of the molecule is Cn1ccnc1CC(Nc1nc(C(F)(F)F)nc2nc[nH]c12)c1ccccc1. The number of hydrogen-bond acceptors (Lipinski definition) is 5. The molecule has 10 heteroatoms. The molecule has 0 aliphatic heterocycles. The lowest BCUT2D eigenvalue weighted by Crippen LogP contribution is -2.19. The summed E-state index contributed by atoms with van der Waals surface area (Å²) in [4.78, 5) is 18.2. The van der Waals surface area contributed by atoms with Crippen molar-refractivity contribution >= 4 is 17.0 Å². The molecule has 4 rings (SSSR count). The van der Waals surface area contributed by atoms with Crippen LogP contribution in [0.4, 0.5) is 19.0 Å². The second-order valence-electron chi connectivity index (χ2n) is 6.26. The van der Waals surface area contributed by atoms with E-state index in [4.69, 9.17) is 0 Å². The van der Waals surface area contributed by atoms with Crippen LogP contribution < -0.4 is 5.32 Å². The lowest BCUT2D eigenvalue weighted by molar-refractivity contribution is -0.144. The first-order chi connectivity index (χ1) is 13.4. The number of aromatic amines is 1. The Morgan fingerprint density at radius 1 is 1.14 bits per heavy atom. The molecule has 0 radical (unpaired) electrons. The van der Waals surface area contributed by atoms with Crippen LogP contribution in [0, 0.1) is 0 Å². The summed E-state index contributed by atoms with van der Waals surface area (Å²) in [6.07, 6.45) is 0.564. The van der Waals surface area contributed by atoms with Crippen molar-refractivity contribution in [2.45, 2.75) is 18.6 Å². The molecule has 1 atom stereocenters. The number of halogens is 3. The normalized spacial score (nSPS) is 13.0. The Bertz CT molecular complexity index is 1090. The van der Waals surface area contributed by atoms with Crippen LogP contribution in [-0.4, -0.2) is 29.5 Å². The lowest BCUT2D eigenvalue weighted by Gasteiger charge is -2.20. The number of rotatable bonds is 5. The number of alkyl halides is 3. The second kappa shape index (κ2) is 6.95. The molecule has 3 aromatic heterocycles. The monoisotopic (exact) mass is 387 g/mol. The van der Waals surface area contributed by atoms with Crippen LogP contribution in [0.15, 0.2) is 49.1 Å². The number of H-pyrrole nitrogens is 1. The molecule has 1 unspecified atom stereocenters. The summed E-state index contributed by atoms with van der Waals surface area (Å²) in [6.45, 7) is 0. The minimum Gasteiger partial charge on any atom is -0.361 e. The van der Waals surface area contributed by atoms with Crippen molar-refractivity contribution in [2.24, 2.45) is 7.05 Å². The van der Waals surface area contributed by atoms with Crippen LogP contribution >= 0.6 is 0 Å². The van der Waals surface area contributed by atoms with Gasteiger partial charge in [-0.3, -0.25) is 0 Å². The molecule has 7 nitrogen and oxygen atoms in total. The van der Waals surface area contributed by atoms with Crippen molar-refractivity contribution < 1.29 is 13.2 Å². The number of nitrogens with zero attached hydrogens (tertiary/aromatic N) is 5. The number of fused-ring (bicyclic) bond motifs is 1. The number of aryl methyl sites for hydroxylation is 1. The van der Waals surface area contributed by atoms with E-state index in [1.165, 1.54) is 6.33 Å². The van der Waals surface area contributed by atoms with E-state index in [0.29, 0.717) is 11.9 Å². The zero-order valence-electron chi connectivity index (χ0n) is 14.8. The van der Waals surface area contributed by atoms with Gasteiger partial charge in [0.15, 0.2) is 11.5 Å². The molecule has 4 aromatic rings. The molecular formula is C18H16F3N7. The van der Waals surface area contributed by atoms with E-state index in [-0.39, 0.29) is 17.5 Å². The Hall–Kier alpha value is -3.43. The summed E-state index contributed by atoms with van der Waals surface area (Å²) < 4.78 is 41.5. The molecule has 1 aromatic carbocycles. The van der Waals surface area contributed by atoms with E-state index < -0.39 is 12.0 Å². The predicted octanol–water partition coefficient (Wildman–Crippen LogP) is 3.50. The average molecular weight is 387 g/mol. The molecule has 0 aliphatic rings. The summed E-state index contributed by atoms with van der Waals surface area (Å²) in [7, 11) is 1.87. The van der Waals surface area contributed by atoms with Gasteiger partial charge in [-0.1, -0.05) is 30.3 Å². The maximum absolute atomic E-state index is 13.2. The number of imidazole rings is 2. The minimum atomic E-state index is -4.68. The molecule has 0 bridgehead atoms. The molecule has 0 fully saturated rings. The summed E-state index contributed by atoms with van der Waals surface area (Å²) in [5, 5.41) is 3.13. The Morgan fingerprint density at radius 3 is 2.61 bits per heavy atom. The van der Waals surface area contributed by atoms with E-state index in [1.807, 2.05) is 48.1 Å². The summed E-state index contributed by atoms with van der Waals surface area (Å²) in [5.74, 6) is -0.413. The zero-order chi connectivity index (χ0) is 19.7. The Kier molecular flexibility index (Phi) is 4.46. The van der Waals surface area contributed by atoms with E-state index >= 15 is 0 Å². The van der Waals surface area contributed by atoms with Crippen molar-refractivity contribution in [3.05, 3.63) is 66.3 Å². The molecule has 28 heavy (non-hydrogen) atoms. The van der Waals surface area contributed by atoms with Gasteiger partial charge in [-0.15, -0.1) is 0 Å². The lowest BCUT2D eigenvalue weighted by atomic mass is 10.0. The first kappa shape index (κ1) is 18.0. The second-order valence-corrected chi connectivity index (χ2v) is 6.26. The van der Waals surface area contributed by atoms with Crippen LogP contribution in [0.2, 0.25) is 0 Å². The Balaban J connectivity index is 1.76. The third-order valence-corrected chi connectivity index (χ3v) is 4.36. The van der Waals surface area contributed by atoms with E-state index in [1.54, 1.807) is 6.20 Å². The van der Waals surface area contributed by atoms with E-state index in [0.717, 1.165) is 11.4 Å². The number of benzene rings is 1. The van der Waals surface area contributed by atoms with Gasteiger partial charge < -0.3 is 14.9 Å². The van der Waals surface area contributed by atoms with Gasteiger partial charge in [0.2, 0.25) is 5.82 Å². The fraction of sp³-hybridized carbons (Fsp3) is 0.222. The predicted molar refractivity (Wildman–Crippen MR) is 96.4 cm³/mol. The first-order valence-corrected chi connectivity index (χ1v) is 8.48. The summed E-state index contributed by atoms with van der Waals surface area (Å²) in [5.41, 5.74) is 1.16. The summed E-state index contributed by atoms with van der Waals surface area (Å²) in [6, 6.07) is 9.06. The highest BCUT2D eigenvalue weighted by Gasteiger charge is 2.36. The van der Waals surface area contributed by atoms with Gasteiger partial charge in [-0.25, -0.2) is 19.9 Å². The summed E-state index contributed by atoms with van der Waals surface area (Å²) >= 11 is 0. The molecule has 144 valence electrons. The van der Waals surface area contributed by atoms with Crippen LogP contribution in [-0.2, 0) is 19.6 Å². The van der Waals surface area contributed by atoms with Gasteiger partial charge in [-0.05, 0) is 5.56 Å². The number of nitrogens with one attached hydrogen (secondary N) is 2. The molecule has 2 N–H and O–H groups in total. The molecule has 0 aliphatic carbocycles. The molecule has 0 saturated heterocycles. The third-order valence-electron chi connectivity index (χ3n) is 4.36. The minimum absolute atomic E-state index is 0.0397. The van der Waals surface area contributed by atoms with Gasteiger partial charge in [-0.2, -0.15) is 13.2 Å². The number of anilines is 1. The standard InChI is InChI=1S/C18H16F3N7/c1-28-8-7-22-13(28)9-12(11-5-3-2-4-6-11)25-16-14-15(24-10-23-14)26-17(27-16)18(19,20)21/h2-8,10,12H,9H2,1H3,(H2,23,24,25,26,27). The highest BCUT2D eigenvalue weighted by molar-refractivity contribution is 5.82. The fourth-order valence-electron chi connectivity index (χ4n) is 2.94. The van der Waals surface area contributed by atoms with Crippen LogP contribution in [0.1, 0.15) is 23.3 Å². The van der Waals surface area contributed by atoms with Crippen LogP contribution in [0.5, 0.6) is 0 Å². The van der Waals surface area contributed by atoms with Crippen molar-refractivity contribution in [2.75, 3.05) is 5.32 Å². The van der Waals surface area contributed by atoms with Crippen molar-refractivity contribution in [1.29, 1.82) is 0 Å². The maximum atomic E-state index is 13.2. The third kappa shape index (κ3) is 3.53. The van der Waals surface area contributed by atoms with Gasteiger partial charge in [0.05, 0.1) is 12.4 Å². The fourth-order valence-corrected chi connectivity index (χ4v) is 2.94. The molecule has 0 saturated carbocycles. The maximum Gasteiger partial charge on any atom is 0.451 e. The van der Waals surface area contributed by atoms with Crippen molar-refractivity contribution in [3.8, 4) is 0 Å². The molecule has 0 amide bonds. The largest absolute Gasteiger partial charge is 0.451 e. The van der Waals surface area contributed by atoms with E-state index in [9.17, 15) is 13.2 Å². The number of hydrogen-bond donors (Lipinski definition) is 2.